The zero-order chi connectivity index (χ0) is 14.8. The summed E-state index contributed by atoms with van der Waals surface area (Å²) in [6, 6.07) is 14.7. The Morgan fingerprint density at radius 2 is 1.45 bits per heavy atom. The van der Waals surface area contributed by atoms with Crippen LogP contribution in [-0.2, 0) is 5.41 Å². The Labute approximate surface area is 123 Å². The van der Waals surface area contributed by atoms with Crippen molar-refractivity contribution in [3.05, 3.63) is 35.9 Å². The summed E-state index contributed by atoms with van der Waals surface area (Å²) in [5, 5.41) is 18.9. The number of hydrogen-bond donors (Lipinski definition) is 0. The lowest BCUT2D eigenvalue weighted by atomic mass is 9.65. The summed E-state index contributed by atoms with van der Waals surface area (Å²) in [7, 11) is 0. The van der Waals surface area contributed by atoms with Gasteiger partial charge in [-0.05, 0) is 18.4 Å². The minimum Gasteiger partial charge on any atom is -0.197 e. The first kappa shape index (κ1) is 16.3. The van der Waals surface area contributed by atoms with E-state index in [4.69, 9.17) is 0 Å². The van der Waals surface area contributed by atoms with Crippen LogP contribution in [0.25, 0.3) is 0 Å². The van der Waals surface area contributed by atoms with E-state index in [1.807, 2.05) is 18.2 Å². The van der Waals surface area contributed by atoms with Gasteiger partial charge in [0.2, 0.25) is 0 Å². The Hall–Kier alpha value is -1.80. The zero-order valence-corrected chi connectivity index (χ0v) is 12.6. The van der Waals surface area contributed by atoms with E-state index in [9.17, 15) is 10.5 Å². The van der Waals surface area contributed by atoms with Crippen molar-refractivity contribution in [2.45, 2.75) is 57.8 Å². The summed E-state index contributed by atoms with van der Waals surface area (Å²) in [5.74, 6) is -0.567. The first-order chi connectivity index (χ1) is 9.75. The smallest absolute Gasteiger partial charge is 0.142 e. The second-order valence-electron chi connectivity index (χ2n) is 5.42. The molecule has 1 aromatic carbocycles. The monoisotopic (exact) mass is 268 g/mol. The average Bonchev–Trinajstić information content (AvgIpc) is 2.51. The Morgan fingerprint density at radius 1 is 0.950 bits per heavy atom. The Morgan fingerprint density at radius 3 is 1.85 bits per heavy atom. The van der Waals surface area contributed by atoms with Crippen molar-refractivity contribution in [2.24, 2.45) is 5.92 Å². The molecule has 20 heavy (non-hydrogen) atoms. The van der Waals surface area contributed by atoms with E-state index in [-0.39, 0.29) is 5.41 Å². The third-order valence-corrected chi connectivity index (χ3v) is 4.11. The maximum Gasteiger partial charge on any atom is 0.142 e. The number of benzene rings is 1. The summed E-state index contributed by atoms with van der Waals surface area (Å²) in [6.07, 6.45) is 6.12. The fourth-order valence-electron chi connectivity index (χ4n) is 2.90. The van der Waals surface area contributed by atoms with Gasteiger partial charge in [-0.25, -0.2) is 0 Å². The molecule has 0 heterocycles. The third kappa shape index (κ3) is 3.61. The highest BCUT2D eigenvalue weighted by molar-refractivity contribution is 5.31. The molecule has 0 aliphatic carbocycles. The number of rotatable bonds is 8. The van der Waals surface area contributed by atoms with Crippen LogP contribution in [0.1, 0.15) is 57.9 Å². The van der Waals surface area contributed by atoms with Crippen LogP contribution in [-0.4, -0.2) is 0 Å². The van der Waals surface area contributed by atoms with E-state index in [0.29, 0.717) is 0 Å². The van der Waals surface area contributed by atoms with Gasteiger partial charge in [0.05, 0.1) is 12.1 Å². The van der Waals surface area contributed by atoms with E-state index in [1.165, 1.54) is 0 Å². The molecule has 2 heteroatoms. The highest BCUT2D eigenvalue weighted by atomic mass is 14.4. The standard InChI is InChI=1S/C18H24N2/c1-3-5-12-18(13-6-4-2,17(14-19)15-20)16-10-8-7-9-11-16/h7-11,17H,3-6,12-13H2,1-2H3. The fourth-order valence-corrected chi connectivity index (χ4v) is 2.90. The number of unbranched alkanes of at least 4 members (excludes halogenated alkanes) is 2. The number of nitrogens with zero attached hydrogens (tertiary/aromatic N) is 2. The van der Waals surface area contributed by atoms with Crippen molar-refractivity contribution < 1.29 is 0 Å². The molecular weight excluding hydrogens is 244 g/mol. The van der Waals surface area contributed by atoms with Crippen LogP contribution in [0, 0.1) is 28.6 Å². The quantitative estimate of drug-likeness (QED) is 0.668. The van der Waals surface area contributed by atoms with Crippen LogP contribution in [0.15, 0.2) is 30.3 Å². The minimum atomic E-state index is -0.567. The van der Waals surface area contributed by atoms with Gasteiger partial charge in [-0.15, -0.1) is 0 Å². The topological polar surface area (TPSA) is 47.6 Å². The molecule has 0 radical (unpaired) electrons. The predicted molar refractivity (Wildman–Crippen MR) is 81.9 cm³/mol. The summed E-state index contributed by atoms with van der Waals surface area (Å²) in [6.45, 7) is 4.31. The van der Waals surface area contributed by atoms with Gasteiger partial charge in [-0.2, -0.15) is 10.5 Å². The van der Waals surface area contributed by atoms with Crippen LogP contribution < -0.4 is 0 Å². The first-order valence-electron chi connectivity index (χ1n) is 7.60. The van der Waals surface area contributed by atoms with E-state index >= 15 is 0 Å². The summed E-state index contributed by atoms with van der Waals surface area (Å²) in [4.78, 5) is 0. The molecular formula is C18H24N2. The van der Waals surface area contributed by atoms with Crippen LogP contribution in [0.5, 0.6) is 0 Å². The SMILES string of the molecule is CCCCC(CCCC)(c1ccccc1)C(C#N)C#N. The van der Waals surface area contributed by atoms with Gasteiger partial charge in [0, 0.05) is 5.41 Å². The average molecular weight is 268 g/mol. The normalized spacial score (nSPS) is 11.1. The molecule has 0 unspecified atom stereocenters. The van der Waals surface area contributed by atoms with Crippen LogP contribution in [0.2, 0.25) is 0 Å². The second kappa shape index (κ2) is 8.39. The van der Waals surface area contributed by atoms with Crippen molar-refractivity contribution in [3.63, 3.8) is 0 Å². The van der Waals surface area contributed by atoms with Crippen molar-refractivity contribution in [3.8, 4) is 12.1 Å². The maximum atomic E-state index is 9.45. The van der Waals surface area contributed by atoms with Crippen molar-refractivity contribution in [1.29, 1.82) is 10.5 Å². The van der Waals surface area contributed by atoms with Gasteiger partial charge in [-0.1, -0.05) is 69.9 Å². The molecule has 0 bridgehead atoms. The highest BCUT2D eigenvalue weighted by Gasteiger charge is 2.39. The van der Waals surface area contributed by atoms with Crippen LogP contribution in [0.3, 0.4) is 0 Å². The lowest BCUT2D eigenvalue weighted by Crippen LogP contribution is -2.34. The molecule has 0 aliphatic heterocycles. The molecule has 1 rings (SSSR count). The van der Waals surface area contributed by atoms with Gasteiger partial charge in [0.25, 0.3) is 0 Å². The Balaban J connectivity index is 3.25. The van der Waals surface area contributed by atoms with Crippen molar-refractivity contribution in [1.82, 2.24) is 0 Å². The Bertz CT molecular complexity index is 442. The van der Waals surface area contributed by atoms with Crippen molar-refractivity contribution >= 4 is 0 Å². The summed E-state index contributed by atoms with van der Waals surface area (Å²) < 4.78 is 0. The van der Waals surface area contributed by atoms with Crippen LogP contribution in [0.4, 0.5) is 0 Å². The van der Waals surface area contributed by atoms with E-state index in [1.54, 1.807) is 0 Å². The molecule has 0 fully saturated rings. The molecule has 0 saturated carbocycles. The predicted octanol–water partition coefficient (Wildman–Crippen LogP) is 4.97. The van der Waals surface area contributed by atoms with Gasteiger partial charge in [0.1, 0.15) is 5.92 Å². The maximum absolute atomic E-state index is 9.45. The lowest BCUT2D eigenvalue weighted by molar-refractivity contribution is 0.302. The molecule has 2 nitrogen and oxygen atoms in total. The zero-order valence-electron chi connectivity index (χ0n) is 12.6. The number of nitriles is 2. The van der Waals surface area contributed by atoms with Crippen molar-refractivity contribution in [2.75, 3.05) is 0 Å². The molecule has 0 atom stereocenters. The highest BCUT2D eigenvalue weighted by Crippen LogP contribution is 2.41. The van der Waals surface area contributed by atoms with E-state index < -0.39 is 5.92 Å². The minimum absolute atomic E-state index is 0.309. The molecule has 0 amide bonds. The molecule has 0 saturated heterocycles. The molecule has 0 aliphatic rings. The van der Waals surface area contributed by atoms with Gasteiger partial charge < -0.3 is 0 Å². The fraction of sp³-hybridized carbons (Fsp3) is 0.556. The molecule has 0 spiro atoms. The summed E-state index contributed by atoms with van der Waals surface area (Å²) in [5.41, 5.74) is 0.839. The second-order valence-corrected chi connectivity index (χ2v) is 5.42. The third-order valence-electron chi connectivity index (χ3n) is 4.11. The molecule has 106 valence electrons. The largest absolute Gasteiger partial charge is 0.197 e. The molecule has 1 aromatic rings. The Kier molecular flexibility index (Phi) is 6.82. The first-order valence-corrected chi connectivity index (χ1v) is 7.60. The van der Waals surface area contributed by atoms with Crippen LogP contribution >= 0.6 is 0 Å². The van der Waals surface area contributed by atoms with Gasteiger partial charge in [0.15, 0.2) is 0 Å². The van der Waals surface area contributed by atoms with Gasteiger partial charge >= 0.3 is 0 Å². The van der Waals surface area contributed by atoms with Gasteiger partial charge in [-0.3, -0.25) is 0 Å². The lowest BCUT2D eigenvalue weighted by Gasteiger charge is -2.35. The van der Waals surface area contributed by atoms with E-state index in [0.717, 1.165) is 44.1 Å². The molecule has 0 aromatic heterocycles. The summed E-state index contributed by atoms with van der Waals surface area (Å²) >= 11 is 0. The van der Waals surface area contributed by atoms with E-state index in [2.05, 4.69) is 38.1 Å². The molecule has 0 N–H and O–H groups in total. The number of hydrogen-bond acceptors (Lipinski definition) is 2.